The van der Waals surface area contributed by atoms with Crippen LogP contribution in [0.15, 0.2) is 55.0 Å². The van der Waals surface area contributed by atoms with E-state index >= 15 is 0 Å². The van der Waals surface area contributed by atoms with Gasteiger partial charge in [0.25, 0.3) is 5.91 Å². The molecule has 1 aliphatic rings. The Balaban J connectivity index is 1.64. The van der Waals surface area contributed by atoms with Crippen LogP contribution in [0.2, 0.25) is 5.02 Å². The number of nitrogens with two attached hydrogens (primary N) is 1. The molecular weight excluding hydrogens is 374 g/mol. The highest BCUT2D eigenvalue weighted by molar-refractivity contribution is 6.30. The molecule has 7 heteroatoms. The van der Waals surface area contributed by atoms with E-state index in [9.17, 15) is 4.79 Å². The fourth-order valence-electron chi connectivity index (χ4n) is 3.63. The molecule has 0 saturated carbocycles. The number of likely N-dealkylation sites (tertiary alicyclic amines) is 1. The van der Waals surface area contributed by atoms with Gasteiger partial charge in [0, 0.05) is 48.2 Å². The highest BCUT2D eigenvalue weighted by Gasteiger charge is 2.28. The van der Waals surface area contributed by atoms with E-state index in [4.69, 9.17) is 17.3 Å². The first-order valence-electron chi connectivity index (χ1n) is 9.19. The van der Waals surface area contributed by atoms with Crippen molar-refractivity contribution in [2.45, 2.75) is 18.8 Å². The summed E-state index contributed by atoms with van der Waals surface area (Å²) in [6.07, 6.45) is 6.86. The van der Waals surface area contributed by atoms with Crippen LogP contribution >= 0.6 is 11.6 Å². The summed E-state index contributed by atoms with van der Waals surface area (Å²) in [5, 5.41) is 0.674. The average Bonchev–Trinajstić information content (AvgIpc) is 2.74. The van der Waals surface area contributed by atoms with E-state index in [0.717, 1.165) is 36.2 Å². The third-order valence-electron chi connectivity index (χ3n) is 5.00. The first-order valence-corrected chi connectivity index (χ1v) is 9.57. The molecule has 3 aromatic rings. The second kappa shape index (κ2) is 7.94. The lowest BCUT2D eigenvalue weighted by molar-refractivity contribution is 0.0705. The lowest BCUT2D eigenvalue weighted by atomic mass is 9.89. The van der Waals surface area contributed by atoms with Crippen molar-refractivity contribution in [2.75, 3.05) is 18.8 Å². The van der Waals surface area contributed by atoms with Crippen molar-refractivity contribution in [1.29, 1.82) is 0 Å². The third-order valence-corrected chi connectivity index (χ3v) is 5.25. The van der Waals surface area contributed by atoms with Gasteiger partial charge in [-0.05, 0) is 42.7 Å². The zero-order chi connectivity index (χ0) is 19.5. The van der Waals surface area contributed by atoms with Gasteiger partial charge in [-0.15, -0.1) is 0 Å². The lowest BCUT2D eigenvalue weighted by Crippen LogP contribution is -2.39. The SMILES string of the molecule is Nc1ncc(-c2ccc(Cl)cc2)c([C@H]2CCCN(C(=O)c3cccnc3)C2)n1. The molecule has 1 fully saturated rings. The molecule has 2 aromatic heterocycles. The van der Waals surface area contributed by atoms with Gasteiger partial charge in [-0.3, -0.25) is 9.78 Å². The van der Waals surface area contributed by atoms with E-state index in [2.05, 4.69) is 15.0 Å². The fourth-order valence-corrected chi connectivity index (χ4v) is 3.76. The summed E-state index contributed by atoms with van der Waals surface area (Å²) < 4.78 is 0. The third kappa shape index (κ3) is 3.82. The average molecular weight is 394 g/mol. The molecule has 0 spiro atoms. The molecule has 1 amide bonds. The molecule has 1 aromatic carbocycles. The van der Waals surface area contributed by atoms with E-state index in [1.165, 1.54) is 0 Å². The molecule has 3 heterocycles. The lowest BCUT2D eigenvalue weighted by Gasteiger charge is -2.33. The standard InChI is InChI=1S/C21H20ClN5O/c22-17-7-5-14(6-8-17)18-12-25-21(23)26-19(18)16-4-2-10-27(13-16)20(28)15-3-1-9-24-11-15/h1,3,5-9,11-12,16H,2,4,10,13H2,(H2,23,25,26)/t16-/m0/s1. The highest BCUT2D eigenvalue weighted by atomic mass is 35.5. The molecule has 0 aliphatic carbocycles. The van der Waals surface area contributed by atoms with Gasteiger partial charge in [-0.1, -0.05) is 23.7 Å². The number of aromatic nitrogens is 3. The summed E-state index contributed by atoms with van der Waals surface area (Å²) in [5.41, 5.74) is 9.27. The summed E-state index contributed by atoms with van der Waals surface area (Å²) >= 11 is 6.02. The Kier molecular flexibility index (Phi) is 5.21. The molecule has 6 nitrogen and oxygen atoms in total. The molecule has 0 unspecified atom stereocenters. The maximum Gasteiger partial charge on any atom is 0.255 e. The number of amides is 1. The normalized spacial score (nSPS) is 16.8. The zero-order valence-electron chi connectivity index (χ0n) is 15.3. The first kappa shape index (κ1) is 18.4. The second-order valence-corrected chi connectivity index (χ2v) is 7.30. The Labute approximate surface area is 168 Å². The van der Waals surface area contributed by atoms with Crippen LogP contribution in [0.5, 0.6) is 0 Å². The van der Waals surface area contributed by atoms with E-state index in [1.54, 1.807) is 30.7 Å². The van der Waals surface area contributed by atoms with Crippen LogP contribution in [0, 0.1) is 0 Å². The van der Waals surface area contributed by atoms with E-state index in [-0.39, 0.29) is 17.8 Å². The number of hydrogen-bond donors (Lipinski definition) is 1. The number of carbonyl (C=O) groups is 1. The maximum absolute atomic E-state index is 12.8. The largest absolute Gasteiger partial charge is 0.368 e. The number of carbonyl (C=O) groups excluding carboxylic acids is 1. The number of benzene rings is 1. The van der Waals surface area contributed by atoms with Gasteiger partial charge in [0.2, 0.25) is 5.95 Å². The quantitative estimate of drug-likeness (QED) is 0.731. The number of anilines is 1. The summed E-state index contributed by atoms with van der Waals surface area (Å²) in [6.45, 7) is 1.31. The Morgan fingerprint density at radius 2 is 2.00 bits per heavy atom. The summed E-state index contributed by atoms with van der Waals surface area (Å²) in [7, 11) is 0. The van der Waals surface area contributed by atoms with Crippen molar-refractivity contribution in [3.8, 4) is 11.1 Å². The van der Waals surface area contributed by atoms with Gasteiger partial charge in [-0.2, -0.15) is 0 Å². The number of nitrogens with zero attached hydrogens (tertiary/aromatic N) is 4. The number of hydrogen-bond acceptors (Lipinski definition) is 5. The Bertz CT molecular complexity index is 978. The van der Waals surface area contributed by atoms with Gasteiger partial charge in [0.1, 0.15) is 0 Å². The predicted molar refractivity (Wildman–Crippen MR) is 109 cm³/mol. The highest BCUT2D eigenvalue weighted by Crippen LogP contribution is 2.34. The van der Waals surface area contributed by atoms with Crippen LogP contribution in [-0.4, -0.2) is 38.8 Å². The second-order valence-electron chi connectivity index (χ2n) is 6.87. The van der Waals surface area contributed by atoms with Crippen LogP contribution in [0.1, 0.15) is 34.8 Å². The van der Waals surface area contributed by atoms with Crippen LogP contribution in [0.4, 0.5) is 5.95 Å². The van der Waals surface area contributed by atoms with Gasteiger partial charge in [0.15, 0.2) is 0 Å². The van der Waals surface area contributed by atoms with Crippen LogP contribution in [-0.2, 0) is 0 Å². The van der Waals surface area contributed by atoms with Gasteiger partial charge < -0.3 is 10.6 Å². The molecule has 1 aliphatic heterocycles. The molecular formula is C21H20ClN5O. The van der Waals surface area contributed by atoms with Gasteiger partial charge in [0.05, 0.1) is 11.3 Å². The first-order chi connectivity index (χ1) is 13.6. The smallest absolute Gasteiger partial charge is 0.255 e. The predicted octanol–water partition coefficient (Wildman–Crippen LogP) is 3.79. The van der Waals surface area contributed by atoms with Gasteiger partial charge >= 0.3 is 0 Å². The van der Waals surface area contributed by atoms with E-state index < -0.39 is 0 Å². The fraction of sp³-hybridized carbons (Fsp3) is 0.238. The minimum Gasteiger partial charge on any atom is -0.368 e. The molecule has 1 saturated heterocycles. The molecule has 0 radical (unpaired) electrons. The van der Waals surface area contributed by atoms with E-state index in [1.807, 2.05) is 29.2 Å². The molecule has 0 bridgehead atoms. The van der Waals surface area contributed by atoms with Crippen molar-refractivity contribution < 1.29 is 4.79 Å². The van der Waals surface area contributed by atoms with Crippen LogP contribution < -0.4 is 5.73 Å². The molecule has 28 heavy (non-hydrogen) atoms. The number of piperidine rings is 1. The molecule has 2 N–H and O–H groups in total. The summed E-state index contributed by atoms with van der Waals surface area (Å²) in [5.74, 6) is 0.321. The number of nitrogen functional groups attached to an aromatic ring is 1. The van der Waals surface area contributed by atoms with Crippen molar-refractivity contribution >= 4 is 23.5 Å². The zero-order valence-corrected chi connectivity index (χ0v) is 16.0. The number of rotatable bonds is 3. The Morgan fingerprint density at radius 1 is 1.18 bits per heavy atom. The molecule has 1 atom stereocenters. The minimum absolute atomic E-state index is 0.00660. The van der Waals surface area contributed by atoms with Gasteiger partial charge in [-0.25, -0.2) is 9.97 Å². The molecule has 4 rings (SSSR count). The van der Waals surface area contributed by atoms with Crippen molar-refractivity contribution in [1.82, 2.24) is 19.9 Å². The van der Waals surface area contributed by atoms with Crippen LogP contribution in [0.3, 0.4) is 0 Å². The monoisotopic (exact) mass is 393 g/mol. The van der Waals surface area contributed by atoms with Crippen molar-refractivity contribution in [3.05, 3.63) is 71.3 Å². The van der Waals surface area contributed by atoms with Crippen LogP contribution in [0.25, 0.3) is 11.1 Å². The van der Waals surface area contributed by atoms with Crippen molar-refractivity contribution in [3.63, 3.8) is 0 Å². The Hall–Kier alpha value is -2.99. The summed E-state index contributed by atoms with van der Waals surface area (Å²) in [6, 6.07) is 11.1. The Morgan fingerprint density at radius 3 is 2.75 bits per heavy atom. The molecule has 142 valence electrons. The maximum atomic E-state index is 12.8. The summed E-state index contributed by atoms with van der Waals surface area (Å²) in [4.78, 5) is 27.5. The minimum atomic E-state index is -0.00660. The number of halogens is 1. The van der Waals surface area contributed by atoms with Crippen molar-refractivity contribution in [2.24, 2.45) is 0 Å². The number of pyridine rings is 1. The topological polar surface area (TPSA) is 85.0 Å². The van der Waals surface area contributed by atoms with E-state index in [0.29, 0.717) is 17.1 Å².